The standard InChI is InChI=1S/C12H9IN4O/c13-8-2-1-3-9(6-8)18-12-11-15-4-5-17(11)7-10(14)16-12/h1-7H,14H2. The minimum atomic E-state index is 0.390. The molecule has 0 aliphatic rings. The van der Waals surface area contributed by atoms with Crippen molar-refractivity contribution in [3.63, 3.8) is 0 Å². The van der Waals surface area contributed by atoms with Crippen molar-refractivity contribution in [2.45, 2.75) is 0 Å². The molecule has 3 rings (SSSR count). The Labute approximate surface area is 117 Å². The molecule has 18 heavy (non-hydrogen) atoms. The lowest BCUT2D eigenvalue weighted by Crippen LogP contribution is -1.99. The Morgan fingerprint density at radius 3 is 3.06 bits per heavy atom. The molecule has 0 unspecified atom stereocenters. The van der Waals surface area contributed by atoms with Gasteiger partial charge in [-0.3, -0.25) is 4.40 Å². The van der Waals surface area contributed by atoms with Crippen molar-refractivity contribution in [1.29, 1.82) is 0 Å². The zero-order valence-electron chi connectivity index (χ0n) is 9.25. The second kappa shape index (κ2) is 4.45. The molecule has 0 atom stereocenters. The van der Waals surface area contributed by atoms with Crippen molar-refractivity contribution in [2.24, 2.45) is 0 Å². The summed E-state index contributed by atoms with van der Waals surface area (Å²) in [5, 5.41) is 0. The van der Waals surface area contributed by atoms with E-state index in [9.17, 15) is 0 Å². The molecule has 0 radical (unpaired) electrons. The molecule has 2 heterocycles. The fourth-order valence-electron chi connectivity index (χ4n) is 1.63. The maximum atomic E-state index is 5.73. The van der Waals surface area contributed by atoms with Crippen molar-refractivity contribution in [2.75, 3.05) is 5.73 Å². The lowest BCUT2D eigenvalue weighted by atomic mass is 10.3. The number of aromatic nitrogens is 3. The van der Waals surface area contributed by atoms with Crippen LogP contribution in [0.1, 0.15) is 0 Å². The summed E-state index contributed by atoms with van der Waals surface area (Å²) in [4.78, 5) is 8.36. The summed E-state index contributed by atoms with van der Waals surface area (Å²) < 4.78 is 8.61. The van der Waals surface area contributed by atoms with E-state index < -0.39 is 0 Å². The zero-order chi connectivity index (χ0) is 12.5. The summed E-state index contributed by atoms with van der Waals surface area (Å²) in [7, 11) is 0. The highest BCUT2D eigenvalue weighted by molar-refractivity contribution is 14.1. The van der Waals surface area contributed by atoms with Crippen LogP contribution in [0.15, 0.2) is 42.9 Å². The molecule has 0 saturated carbocycles. The van der Waals surface area contributed by atoms with Crippen LogP contribution >= 0.6 is 22.6 Å². The van der Waals surface area contributed by atoms with Gasteiger partial charge in [0, 0.05) is 16.0 Å². The van der Waals surface area contributed by atoms with E-state index in [1.807, 2.05) is 24.3 Å². The number of hydrogen-bond acceptors (Lipinski definition) is 4. The predicted molar refractivity (Wildman–Crippen MR) is 76.6 cm³/mol. The number of anilines is 1. The average Bonchev–Trinajstić information content (AvgIpc) is 2.77. The van der Waals surface area contributed by atoms with Crippen LogP contribution in [0.5, 0.6) is 11.6 Å². The van der Waals surface area contributed by atoms with Crippen LogP contribution in [0.4, 0.5) is 5.82 Å². The van der Waals surface area contributed by atoms with Gasteiger partial charge in [-0.1, -0.05) is 6.07 Å². The highest BCUT2D eigenvalue weighted by atomic mass is 127. The van der Waals surface area contributed by atoms with Crippen LogP contribution in [0.2, 0.25) is 0 Å². The van der Waals surface area contributed by atoms with Gasteiger partial charge in [0.25, 0.3) is 5.88 Å². The average molecular weight is 352 g/mol. The first kappa shape index (κ1) is 11.3. The summed E-state index contributed by atoms with van der Waals surface area (Å²) in [6.07, 6.45) is 5.18. The molecule has 0 spiro atoms. The molecule has 2 N–H and O–H groups in total. The van der Waals surface area contributed by atoms with E-state index in [1.54, 1.807) is 23.0 Å². The van der Waals surface area contributed by atoms with Crippen LogP contribution in [0.25, 0.3) is 5.65 Å². The molecule has 0 aliphatic carbocycles. The second-order valence-electron chi connectivity index (χ2n) is 3.69. The molecule has 1 aromatic carbocycles. The Balaban J connectivity index is 2.06. The molecule has 2 aromatic heterocycles. The van der Waals surface area contributed by atoms with Gasteiger partial charge in [0.05, 0.1) is 6.20 Å². The highest BCUT2D eigenvalue weighted by Gasteiger charge is 2.08. The summed E-state index contributed by atoms with van der Waals surface area (Å²) in [5.74, 6) is 1.51. The van der Waals surface area contributed by atoms with E-state index in [2.05, 4.69) is 32.6 Å². The van der Waals surface area contributed by atoms with Gasteiger partial charge in [-0.05, 0) is 40.8 Å². The number of nitrogen functional groups attached to an aromatic ring is 1. The maximum Gasteiger partial charge on any atom is 0.265 e. The van der Waals surface area contributed by atoms with Crippen LogP contribution in [0, 0.1) is 3.57 Å². The SMILES string of the molecule is Nc1cn2ccnc2c(Oc2cccc(I)c2)n1. The van der Waals surface area contributed by atoms with E-state index in [-0.39, 0.29) is 0 Å². The van der Waals surface area contributed by atoms with Crippen molar-refractivity contribution >= 4 is 34.1 Å². The molecule has 6 heteroatoms. The Morgan fingerprint density at radius 2 is 2.22 bits per heavy atom. The Kier molecular flexibility index (Phi) is 2.78. The number of benzene rings is 1. The Bertz CT molecular complexity index is 710. The molecular formula is C12H9IN4O. The number of nitrogens with zero attached hydrogens (tertiary/aromatic N) is 3. The number of hydrogen-bond donors (Lipinski definition) is 1. The number of rotatable bonds is 2. The third-order valence-electron chi connectivity index (χ3n) is 2.37. The lowest BCUT2D eigenvalue weighted by Gasteiger charge is -2.07. The van der Waals surface area contributed by atoms with Gasteiger partial charge in [0.2, 0.25) is 5.65 Å². The van der Waals surface area contributed by atoms with Crippen LogP contribution in [0.3, 0.4) is 0 Å². The quantitative estimate of drug-likeness (QED) is 0.721. The molecule has 0 bridgehead atoms. The molecule has 0 saturated heterocycles. The minimum Gasteiger partial charge on any atom is -0.436 e. The third-order valence-corrected chi connectivity index (χ3v) is 3.04. The number of imidazole rings is 1. The molecule has 0 amide bonds. The number of nitrogens with two attached hydrogens (primary N) is 1. The molecule has 0 fully saturated rings. The molecule has 0 aliphatic heterocycles. The smallest absolute Gasteiger partial charge is 0.265 e. The molecule has 3 aromatic rings. The van der Waals surface area contributed by atoms with Crippen molar-refractivity contribution < 1.29 is 4.74 Å². The first-order chi connectivity index (χ1) is 8.72. The van der Waals surface area contributed by atoms with E-state index in [0.29, 0.717) is 23.1 Å². The van der Waals surface area contributed by atoms with Crippen molar-refractivity contribution in [1.82, 2.24) is 14.4 Å². The normalized spacial score (nSPS) is 10.7. The Morgan fingerprint density at radius 1 is 1.33 bits per heavy atom. The summed E-state index contributed by atoms with van der Waals surface area (Å²) in [6.45, 7) is 0. The van der Waals surface area contributed by atoms with E-state index >= 15 is 0 Å². The van der Waals surface area contributed by atoms with Gasteiger partial charge >= 0.3 is 0 Å². The van der Waals surface area contributed by atoms with E-state index in [1.165, 1.54) is 0 Å². The zero-order valence-corrected chi connectivity index (χ0v) is 11.4. The van der Waals surface area contributed by atoms with Crippen LogP contribution < -0.4 is 10.5 Å². The van der Waals surface area contributed by atoms with Gasteiger partial charge in [0.1, 0.15) is 11.6 Å². The monoisotopic (exact) mass is 352 g/mol. The first-order valence-electron chi connectivity index (χ1n) is 5.25. The van der Waals surface area contributed by atoms with Gasteiger partial charge in [-0.25, -0.2) is 4.98 Å². The van der Waals surface area contributed by atoms with Gasteiger partial charge in [0.15, 0.2) is 0 Å². The lowest BCUT2D eigenvalue weighted by molar-refractivity contribution is 0.465. The number of fused-ring (bicyclic) bond motifs is 1. The largest absolute Gasteiger partial charge is 0.436 e. The predicted octanol–water partition coefficient (Wildman–Crippen LogP) is 2.71. The summed E-state index contributed by atoms with van der Waals surface area (Å²) in [5.41, 5.74) is 6.37. The van der Waals surface area contributed by atoms with Gasteiger partial charge in [-0.2, -0.15) is 4.98 Å². The summed E-state index contributed by atoms with van der Waals surface area (Å²) in [6, 6.07) is 7.70. The molecule has 90 valence electrons. The number of halogens is 1. The van der Waals surface area contributed by atoms with E-state index in [4.69, 9.17) is 10.5 Å². The van der Waals surface area contributed by atoms with E-state index in [0.717, 1.165) is 3.57 Å². The van der Waals surface area contributed by atoms with Crippen LogP contribution in [-0.4, -0.2) is 14.4 Å². The Hall–Kier alpha value is -1.83. The minimum absolute atomic E-state index is 0.390. The van der Waals surface area contributed by atoms with Crippen LogP contribution in [-0.2, 0) is 0 Å². The number of ether oxygens (including phenoxy) is 1. The fourth-order valence-corrected chi connectivity index (χ4v) is 2.15. The first-order valence-corrected chi connectivity index (χ1v) is 6.33. The third kappa shape index (κ3) is 2.10. The van der Waals surface area contributed by atoms with Gasteiger partial charge < -0.3 is 10.5 Å². The highest BCUT2D eigenvalue weighted by Crippen LogP contribution is 2.25. The molecular weight excluding hydrogens is 343 g/mol. The summed E-state index contributed by atoms with van der Waals surface area (Å²) >= 11 is 2.23. The van der Waals surface area contributed by atoms with Gasteiger partial charge in [-0.15, -0.1) is 0 Å². The maximum absolute atomic E-state index is 5.73. The molecule has 5 nitrogen and oxygen atoms in total. The van der Waals surface area contributed by atoms with Crippen molar-refractivity contribution in [3.8, 4) is 11.6 Å². The fraction of sp³-hybridized carbons (Fsp3) is 0. The second-order valence-corrected chi connectivity index (χ2v) is 4.93. The van der Waals surface area contributed by atoms with Crippen molar-refractivity contribution in [3.05, 3.63) is 46.4 Å². The topological polar surface area (TPSA) is 65.4 Å².